The van der Waals surface area contributed by atoms with E-state index in [0.717, 1.165) is 27.8 Å². The van der Waals surface area contributed by atoms with E-state index >= 15 is 0 Å². The molecular weight excluding hydrogens is 388 g/mol. The maximum Gasteiger partial charge on any atom is 0.149 e. The molecule has 0 aliphatic carbocycles. The van der Waals surface area contributed by atoms with E-state index in [1.165, 1.54) is 11.1 Å². The van der Waals surface area contributed by atoms with Crippen LogP contribution in [0.3, 0.4) is 0 Å². The Morgan fingerprint density at radius 2 is 0.806 bits per heavy atom. The van der Waals surface area contributed by atoms with Gasteiger partial charge in [-0.05, 0) is 49.1 Å². The molecule has 6 heteroatoms. The Morgan fingerprint density at radius 1 is 0.452 bits per heavy atom. The molecule has 0 radical (unpaired) electrons. The zero-order valence-electron chi connectivity index (χ0n) is 18.0. The largest absolute Gasteiger partial charge is 0.334 e. The van der Waals surface area contributed by atoms with E-state index in [0.29, 0.717) is 0 Å². The fourth-order valence-corrected chi connectivity index (χ4v) is 3.99. The molecule has 2 saturated heterocycles. The van der Waals surface area contributed by atoms with Gasteiger partial charge in [-0.25, -0.2) is 21.7 Å². The van der Waals surface area contributed by atoms with E-state index in [9.17, 15) is 0 Å². The first-order chi connectivity index (χ1) is 15.0. The normalized spacial score (nSPS) is 25.8. The number of ether oxygens (including phenoxy) is 2. The molecule has 2 heterocycles. The van der Waals surface area contributed by atoms with Crippen LogP contribution >= 0.6 is 0 Å². The molecule has 6 nitrogen and oxygen atoms in total. The first-order valence-electron chi connectivity index (χ1n) is 10.6. The maximum atomic E-state index is 6.25. The molecule has 4 N–H and O–H groups in total. The second-order valence-corrected chi connectivity index (χ2v) is 8.37. The van der Waals surface area contributed by atoms with E-state index in [1.807, 2.05) is 0 Å². The highest BCUT2D eigenvalue weighted by Gasteiger charge is 2.30. The van der Waals surface area contributed by atoms with Crippen LogP contribution in [0.1, 0.15) is 63.9 Å². The van der Waals surface area contributed by atoms with Crippen molar-refractivity contribution >= 4 is 0 Å². The predicted molar refractivity (Wildman–Crippen MR) is 119 cm³/mol. The summed E-state index contributed by atoms with van der Waals surface area (Å²) in [6.45, 7) is 6.26. The second kappa shape index (κ2) is 8.51. The van der Waals surface area contributed by atoms with Gasteiger partial charge in [0.2, 0.25) is 0 Å². The Morgan fingerprint density at radius 3 is 1.19 bits per heavy atom. The summed E-state index contributed by atoms with van der Waals surface area (Å²) < 4.78 is 12.5. The van der Waals surface area contributed by atoms with Crippen molar-refractivity contribution in [3.05, 3.63) is 106 Å². The standard InChI is InChI=1S/C25H28N4O2/c1-15-4-8-18(9-5-15)22-26-28-24(30-22)20-12-17(3)13-21(14-20)25-29-27-23(31-25)19-10-6-16(2)7-11-19/h4-14,22-29H,1-3H3. The van der Waals surface area contributed by atoms with Crippen molar-refractivity contribution in [3.8, 4) is 0 Å². The van der Waals surface area contributed by atoms with Crippen molar-refractivity contribution in [2.45, 2.75) is 45.7 Å². The summed E-state index contributed by atoms with van der Waals surface area (Å²) >= 11 is 0. The Balaban J connectivity index is 1.30. The SMILES string of the molecule is Cc1ccc(C2NNC(c3cc(C)cc(C4NNC(c5ccc(C)cc5)O4)c3)O2)cc1. The summed E-state index contributed by atoms with van der Waals surface area (Å²) in [5, 5.41) is 0. The average molecular weight is 417 g/mol. The van der Waals surface area contributed by atoms with Crippen molar-refractivity contribution in [2.24, 2.45) is 0 Å². The van der Waals surface area contributed by atoms with Crippen LogP contribution in [0.15, 0.2) is 66.7 Å². The fraction of sp³-hybridized carbons (Fsp3) is 0.280. The molecule has 0 saturated carbocycles. The molecule has 4 unspecified atom stereocenters. The lowest BCUT2D eigenvalue weighted by atomic mass is 10.0. The van der Waals surface area contributed by atoms with E-state index in [1.54, 1.807) is 0 Å². The first kappa shape index (κ1) is 20.3. The van der Waals surface area contributed by atoms with Gasteiger partial charge in [0.05, 0.1) is 0 Å². The molecule has 0 aromatic heterocycles. The van der Waals surface area contributed by atoms with Crippen LogP contribution in [0.4, 0.5) is 0 Å². The Hall–Kier alpha value is -2.58. The molecule has 0 bridgehead atoms. The van der Waals surface area contributed by atoms with Gasteiger partial charge in [0, 0.05) is 0 Å². The third kappa shape index (κ3) is 4.41. The van der Waals surface area contributed by atoms with Crippen molar-refractivity contribution in [1.29, 1.82) is 0 Å². The summed E-state index contributed by atoms with van der Waals surface area (Å²) in [7, 11) is 0. The minimum absolute atomic E-state index is 0.192. The topological polar surface area (TPSA) is 66.6 Å². The lowest BCUT2D eigenvalue weighted by Crippen LogP contribution is -2.27. The van der Waals surface area contributed by atoms with Crippen LogP contribution in [-0.4, -0.2) is 0 Å². The zero-order valence-corrected chi connectivity index (χ0v) is 18.0. The number of hydrogen-bond donors (Lipinski definition) is 4. The first-order valence-corrected chi connectivity index (χ1v) is 10.6. The van der Waals surface area contributed by atoms with Gasteiger partial charge in [-0.2, -0.15) is 0 Å². The highest BCUT2D eigenvalue weighted by molar-refractivity contribution is 5.33. The summed E-state index contributed by atoms with van der Waals surface area (Å²) in [6.07, 6.45) is -0.870. The fourth-order valence-electron chi connectivity index (χ4n) is 3.99. The van der Waals surface area contributed by atoms with E-state index in [-0.39, 0.29) is 24.9 Å². The van der Waals surface area contributed by atoms with Crippen molar-refractivity contribution < 1.29 is 9.47 Å². The molecule has 0 spiro atoms. The van der Waals surface area contributed by atoms with Gasteiger partial charge in [0.1, 0.15) is 24.9 Å². The van der Waals surface area contributed by atoms with Crippen molar-refractivity contribution in [3.63, 3.8) is 0 Å². The monoisotopic (exact) mass is 416 g/mol. The van der Waals surface area contributed by atoms with Crippen molar-refractivity contribution in [2.75, 3.05) is 0 Å². The van der Waals surface area contributed by atoms with Crippen LogP contribution in [0, 0.1) is 20.8 Å². The maximum absolute atomic E-state index is 6.25. The molecule has 2 aliphatic heterocycles. The summed E-state index contributed by atoms with van der Waals surface area (Å²) in [4.78, 5) is 0. The predicted octanol–water partition coefficient (Wildman–Crippen LogP) is 4.26. The van der Waals surface area contributed by atoms with Crippen LogP contribution in [0.2, 0.25) is 0 Å². The summed E-state index contributed by atoms with van der Waals surface area (Å²) in [5.41, 5.74) is 21.0. The third-order valence-corrected chi connectivity index (χ3v) is 5.72. The molecule has 31 heavy (non-hydrogen) atoms. The molecule has 3 aromatic rings. The van der Waals surface area contributed by atoms with Gasteiger partial charge in [-0.1, -0.05) is 77.4 Å². The zero-order chi connectivity index (χ0) is 21.4. The quantitative estimate of drug-likeness (QED) is 0.510. The third-order valence-electron chi connectivity index (χ3n) is 5.72. The smallest absolute Gasteiger partial charge is 0.149 e. The highest BCUT2D eigenvalue weighted by Crippen LogP contribution is 2.33. The number of hydrazine groups is 2. The van der Waals surface area contributed by atoms with E-state index in [2.05, 4.69) is 109 Å². The second-order valence-electron chi connectivity index (χ2n) is 8.37. The Labute approximate surface area is 182 Å². The lowest BCUT2D eigenvalue weighted by Gasteiger charge is -2.17. The summed E-state index contributed by atoms with van der Waals surface area (Å²) in [6, 6.07) is 23.1. The van der Waals surface area contributed by atoms with Gasteiger partial charge < -0.3 is 9.47 Å². The molecule has 160 valence electrons. The average Bonchev–Trinajstić information content (AvgIpc) is 3.45. The molecular formula is C25H28N4O2. The summed E-state index contributed by atoms with van der Waals surface area (Å²) in [5.74, 6) is 0. The van der Waals surface area contributed by atoms with Gasteiger partial charge in [-0.15, -0.1) is 0 Å². The molecule has 0 amide bonds. The van der Waals surface area contributed by atoms with E-state index < -0.39 is 0 Å². The minimum Gasteiger partial charge on any atom is -0.334 e. The molecule has 5 rings (SSSR count). The van der Waals surface area contributed by atoms with Crippen LogP contribution < -0.4 is 21.7 Å². The molecule has 2 fully saturated rings. The number of hydrogen-bond acceptors (Lipinski definition) is 6. The van der Waals surface area contributed by atoms with Crippen LogP contribution in [-0.2, 0) is 9.47 Å². The van der Waals surface area contributed by atoms with E-state index in [4.69, 9.17) is 9.47 Å². The van der Waals surface area contributed by atoms with Gasteiger partial charge in [-0.3, -0.25) is 0 Å². The van der Waals surface area contributed by atoms with Crippen LogP contribution in [0.25, 0.3) is 0 Å². The molecule has 2 aliphatic rings. The van der Waals surface area contributed by atoms with Crippen LogP contribution in [0.5, 0.6) is 0 Å². The van der Waals surface area contributed by atoms with Gasteiger partial charge in [0.25, 0.3) is 0 Å². The number of nitrogens with one attached hydrogen (secondary N) is 4. The number of benzene rings is 3. The number of rotatable bonds is 4. The minimum atomic E-state index is -0.243. The molecule has 4 atom stereocenters. The Bertz CT molecular complexity index is 970. The highest BCUT2D eigenvalue weighted by atomic mass is 16.6. The van der Waals surface area contributed by atoms with Gasteiger partial charge in [0.15, 0.2) is 0 Å². The van der Waals surface area contributed by atoms with Crippen molar-refractivity contribution in [1.82, 2.24) is 21.7 Å². The van der Waals surface area contributed by atoms with Gasteiger partial charge >= 0.3 is 0 Å². The number of aryl methyl sites for hydroxylation is 3. The Kier molecular flexibility index (Phi) is 5.58. The lowest BCUT2D eigenvalue weighted by molar-refractivity contribution is 0.0304. The molecule has 3 aromatic carbocycles.